The van der Waals surface area contributed by atoms with E-state index in [4.69, 9.17) is 9.47 Å². The molecule has 0 aliphatic carbocycles. The minimum Gasteiger partial charge on any atom is -0.463 e. The van der Waals surface area contributed by atoms with Crippen LogP contribution in [-0.2, 0) is 14.3 Å². The van der Waals surface area contributed by atoms with E-state index in [0.717, 1.165) is 6.42 Å². The van der Waals surface area contributed by atoms with Gasteiger partial charge in [0.1, 0.15) is 6.61 Å². The largest absolute Gasteiger partial charge is 0.463 e. The quantitative estimate of drug-likeness (QED) is 0.453. The van der Waals surface area contributed by atoms with Crippen LogP contribution >= 0.6 is 0 Å². The predicted molar refractivity (Wildman–Crippen MR) is 51.6 cm³/mol. The molecule has 0 saturated carbocycles. The van der Waals surface area contributed by atoms with Crippen molar-refractivity contribution in [3.63, 3.8) is 0 Å². The third-order valence-electron chi connectivity index (χ3n) is 1.76. The fraction of sp³-hybridized carbons (Fsp3) is 0.900. The molecule has 0 aromatic carbocycles. The molecule has 0 aliphatic heterocycles. The van der Waals surface area contributed by atoms with Crippen LogP contribution in [0, 0.1) is 0 Å². The Morgan fingerprint density at radius 3 is 2.62 bits per heavy atom. The molecule has 1 unspecified atom stereocenters. The van der Waals surface area contributed by atoms with Crippen molar-refractivity contribution in [1.29, 1.82) is 0 Å². The van der Waals surface area contributed by atoms with E-state index < -0.39 is 0 Å². The summed E-state index contributed by atoms with van der Waals surface area (Å²) in [4.78, 5) is 10.4. The van der Waals surface area contributed by atoms with Gasteiger partial charge in [-0.15, -0.1) is 0 Å². The summed E-state index contributed by atoms with van der Waals surface area (Å²) in [5, 5.41) is 0. The lowest BCUT2D eigenvalue weighted by Crippen LogP contribution is -2.14. The van der Waals surface area contributed by atoms with Gasteiger partial charge in [-0.2, -0.15) is 0 Å². The maximum atomic E-state index is 10.4. The summed E-state index contributed by atoms with van der Waals surface area (Å²) in [6.45, 7) is 6.48. The van der Waals surface area contributed by atoms with Gasteiger partial charge in [0, 0.05) is 6.92 Å². The van der Waals surface area contributed by atoms with E-state index in [9.17, 15) is 4.79 Å². The molecule has 13 heavy (non-hydrogen) atoms. The number of carbonyl (C=O) groups excluding carboxylic acids is 1. The molecule has 0 radical (unpaired) electrons. The molecule has 0 saturated heterocycles. The van der Waals surface area contributed by atoms with Gasteiger partial charge >= 0.3 is 5.97 Å². The molecular weight excluding hydrogens is 168 g/mol. The highest BCUT2D eigenvalue weighted by molar-refractivity contribution is 5.65. The van der Waals surface area contributed by atoms with Crippen LogP contribution in [0.25, 0.3) is 0 Å². The first-order valence-electron chi connectivity index (χ1n) is 4.91. The van der Waals surface area contributed by atoms with Crippen LogP contribution in [0.1, 0.15) is 40.0 Å². The molecule has 3 heteroatoms. The number of hydrogen-bond acceptors (Lipinski definition) is 3. The summed E-state index contributed by atoms with van der Waals surface area (Å²) in [5.41, 5.74) is 0. The number of esters is 1. The molecule has 0 aromatic rings. The highest BCUT2D eigenvalue weighted by Gasteiger charge is 2.01. The number of hydrogen-bond donors (Lipinski definition) is 0. The van der Waals surface area contributed by atoms with Crippen LogP contribution in [0.3, 0.4) is 0 Å². The molecule has 0 bridgehead atoms. The van der Waals surface area contributed by atoms with Gasteiger partial charge in [0.05, 0.1) is 12.7 Å². The highest BCUT2D eigenvalue weighted by atomic mass is 16.6. The first kappa shape index (κ1) is 12.4. The molecule has 0 spiro atoms. The van der Waals surface area contributed by atoms with Gasteiger partial charge < -0.3 is 9.47 Å². The Morgan fingerprint density at radius 1 is 1.38 bits per heavy atom. The van der Waals surface area contributed by atoms with Crippen LogP contribution in [0.4, 0.5) is 0 Å². The lowest BCUT2D eigenvalue weighted by molar-refractivity contribution is -0.143. The number of carbonyl (C=O) groups is 1. The van der Waals surface area contributed by atoms with Crippen molar-refractivity contribution in [3.05, 3.63) is 0 Å². The van der Waals surface area contributed by atoms with Crippen molar-refractivity contribution in [2.75, 3.05) is 13.2 Å². The van der Waals surface area contributed by atoms with Crippen LogP contribution in [0.5, 0.6) is 0 Å². The van der Waals surface area contributed by atoms with E-state index in [2.05, 4.69) is 6.92 Å². The molecule has 0 aliphatic rings. The van der Waals surface area contributed by atoms with E-state index in [-0.39, 0.29) is 12.1 Å². The summed E-state index contributed by atoms with van der Waals surface area (Å²) < 4.78 is 10.2. The third kappa shape index (κ3) is 9.34. The summed E-state index contributed by atoms with van der Waals surface area (Å²) in [7, 11) is 0. The Labute approximate surface area is 80.4 Å². The minimum absolute atomic E-state index is 0.246. The fourth-order valence-corrected chi connectivity index (χ4v) is 1.01. The van der Waals surface area contributed by atoms with E-state index in [1.54, 1.807) is 0 Å². The molecule has 0 amide bonds. The number of unbranched alkanes of at least 4 members (excludes halogenated alkanes) is 1. The molecule has 0 rings (SSSR count). The average Bonchev–Trinajstić information content (AvgIpc) is 2.08. The Kier molecular flexibility index (Phi) is 7.69. The molecule has 0 heterocycles. The zero-order valence-electron chi connectivity index (χ0n) is 8.84. The van der Waals surface area contributed by atoms with Crippen LogP contribution in [-0.4, -0.2) is 25.3 Å². The Morgan fingerprint density at radius 2 is 2.08 bits per heavy atom. The van der Waals surface area contributed by atoms with E-state index >= 15 is 0 Å². The predicted octanol–water partition coefficient (Wildman–Crippen LogP) is 2.14. The highest BCUT2D eigenvalue weighted by Crippen LogP contribution is 2.03. The lowest BCUT2D eigenvalue weighted by atomic mass is 10.2. The van der Waals surface area contributed by atoms with Gasteiger partial charge in [-0.3, -0.25) is 4.79 Å². The Hall–Kier alpha value is -0.570. The Balaban J connectivity index is 3.16. The molecule has 1 atom stereocenters. The maximum Gasteiger partial charge on any atom is 0.302 e. The first-order chi connectivity index (χ1) is 6.16. The van der Waals surface area contributed by atoms with Crippen molar-refractivity contribution >= 4 is 5.97 Å². The van der Waals surface area contributed by atoms with E-state index in [1.165, 1.54) is 19.8 Å². The number of rotatable bonds is 7. The summed E-state index contributed by atoms with van der Waals surface area (Å²) in [6.07, 6.45) is 3.73. The van der Waals surface area contributed by atoms with E-state index in [0.29, 0.717) is 13.2 Å². The van der Waals surface area contributed by atoms with Gasteiger partial charge in [0.25, 0.3) is 0 Å². The van der Waals surface area contributed by atoms with Gasteiger partial charge in [0.2, 0.25) is 0 Å². The third-order valence-corrected chi connectivity index (χ3v) is 1.76. The summed E-state index contributed by atoms with van der Waals surface area (Å²) in [5.74, 6) is -0.246. The zero-order valence-corrected chi connectivity index (χ0v) is 8.84. The van der Waals surface area contributed by atoms with Gasteiger partial charge in [-0.05, 0) is 13.3 Å². The van der Waals surface area contributed by atoms with Crippen molar-refractivity contribution < 1.29 is 14.3 Å². The topological polar surface area (TPSA) is 35.5 Å². The molecule has 0 fully saturated rings. The minimum atomic E-state index is -0.246. The lowest BCUT2D eigenvalue weighted by Gasteiger charge is -2.11. The smallest absolute Gasteiger partial charge is 0.302 e. The normalized spacial score (nSPS) is 12.5. The second-order valence-electron chi connectivity index (χ2n) is 3.16. The van der Waals surface area contributed by atoms with Crippen LogP contribution < -0.4 is 0 Å². The second-order valence-corrected chi connectivity index (χ2v) is 3.16. The average molecular weight is 188 g/mol. The monoisotopic (exact) mass is 188 g/mol. The molecular formula is C10H20O3. The summed E-state index contributed by atoms with van der Waals surface area (Å²) in [6, 6.07) is 0. The standard InChI is InChI=1S/C10H20O3/c1-4-5-6-9(2)12-7-8-13-10(3)11/h9H,4-8H2,1-3H3. The van der Waals surface area contributed by atoms with Gasteiger partial charge in [0.15, 0.2) is 0 Å². The maximum absolute atomic E-state index is 10.4. The van der Waals surface area contributed by atoms with Crippen molar-refractivity contribution in [3.8, 4) is 0 Å². The van der Waals surface area contributed by atoms with Crippen LogP contribution in [0.2, 0.25) is 0 Å². The van der Waals surface area contributed by atoms with Gasteiger partial charge in [-0.25, -0.2) is 0 Å². The number of ether oxygens (including phenoxy) is 2. The zero-order chi connectivity index (χ0) is 10.1. The van der Waals surface area contributed by atoms with Crippen LogP contribution in [0.15, 0.2) is 0 Å². The Bertz CT molecular complexity index is 134. The SMILES string of the molecule is CCCCC(C)OCCOC(C)=O. The first-order valence-corrected chi connectivity index (χ1v) is 4.91. The van der Waals surface area contributed by atoms with E-state index in [1.807, 2.05) is 6.92 Å². The van der Waals surface area contributed by atoms with Crippen molar-refractivity contribution in [1.82, 2.24) is 0 Å². The van der Waals surface area contributed by atoms with Gasteiger partial charge in [-0.1, -0.05) is 19.8 Å². The fourth-order valence-electron chi connectivity index (χ4n) is 1.01. The van der Waals surface area contributed by atoms with Crippen molar-refractivity contribution in [2.24, 2.45) is 0 Å². The molecule has 78 valence electrons. The molecule has 0 aromatic heterocycles. The summed E-state index contributed by atoms with van der Waals surface area (Å²) >= 11 is 0. The second kappa shape index (κ2) is 8.05. The molecule has 0 N–H and O–H groups in total. The molecule has 3 nitrogen and oxygen atoms in total. The van der Waals surface area contributed by atoms with Crippen molar-refractivity contribution in [2.45, 2.75) is 46.1 Å².